The van der Waals surface area contributed by atoms with Crippen molar-refractivity contribution in [3.05, 3.63) is 52.0 Å². The predicted octanol–water partition coefficient (Wildman–Crippen LogP) is 4.10. The predicted molar refractivity (Wildman–Crippen MR) is 110 cm³/mol. The Labute approximate surface area is 169 Å². The van der Waals surface area contributed by atoms with Crippen molar-refractivity contribution in [2.45, 2.75) is 19.9 Å². The number of carbonyl (C=O) groups excluding carboxylic acids is 1. The lowest BCUT2D eigenvalue weighted by Crippen LogP contribution is -2.45. The van der Waals surface area contributed by atoms with Gasteiger partial charge in [0.15, 0.2) is 0 Å². The van der Waals surface area contributed by atoms with E-state index >= 15 is 0 Å². The minimum atomic E-state index is -3.81. The molecule has 0 saturated carbocycles. The Morgan fingerprint density at radius 2 is 1.74 bits per heavy atom. The molecule has 0 fully saturated rings. The van der Waals surface area contributed by atoms with Crippen LogP contribution in [0, 0.1) is 6.92 Å². The van der Waals surface area contributed by atoms with E-state index in [0.717, 1.165) is 16.1 Å². The summed E-state index contributed by atoms with van der Waals surface area (Å²) in [5, 5.41) is 3.50. The molecule has 1 atom stereocenters. The summed E-state index contributed by atoms with van der Waals surface area (Å²) in [6, 6.07) is 8.56. The number of aryl methyl sites for hydroxylation is 1. The van der Waals surface area contributed by atoms with Gasteiger partial charge in [-0.25, -0.2) is 8.42 Å². The molecule has 2 rings (SSSR count). The zero-order valence-electron chi connectivity index (χ0n) is 15.3. The molecule has 0 bridgehead atoms. The highest BCUT2D eigenvalue weighted by atomic mass is 35.5. The van der Waals surface area contributed by atoms with Crippen LogP contribution < -0.4 is 14.4 Å². The Bertz CT molecular complexity index is 964. The molecule has 0 saturated heterocycles. The van der Waals surface area contributed by atoms with Crippen LogP contribution in [0.25, 0.3) is 0 Å². The maximum absolute atomic E-state index is 12.8. The van der Waals surface area contributed by atoms with Crippen LogP contribution in [0.1, 0.15) is 12.5 Å². The molecule has 0 radical (unpaired) electrons. The third kappa shape index (κ3) is 5.06. The van der Waals surface area contributed by atoms with Crippen molar-refractivity contribution in [1.29, 1.82) is 0 Å². The minimum Gasteiger partial charge on any atom is -0.495 e. The van der Waals surface area contributed by atoms with Gasteiger partial charge in [-0.05, 0) is 49.7 Å². The number of halogens is 2. The Balaban J connectivity index is 2.44. The van der Waals surface area contributed by atoms with Crippen molar-refractivity contribution in [2.24, 2.45) is 0 Å². The summed E-state index contributed by atoms with van der Waals surface area (Å²) in [5.41, 5.74) is 1.48. The third-order valence-electron chi connectivity index (χ3n) is 3.92. The molecule has 0 heterocycles. The molecule has 146 valence electrons. The molecule has 0 unspecified atom stereocenters. The number of nitrogens with zero attached hydrogens (tertiary/aromatic N) is 1. The van der Waals surface area contributed by atoms with E-state index in [4.69, 9.17) is 27.9 Å². The second kappa shape index (κ2) is 8.37. The number of anilines is 2. The van der Waals surface area contributed by atoms with Gasteiger partial charge in [0.25, 0.3) is 0 Å². The van der Waals surface area contributed by atoms with Crippen LogP contribution in [0.2, 0.25) is 10.0 Å². The smallest absolute Gasteiger partial charge is 0.248 e. The van der Waals surface area contributed by atoms with E-state index in [9.17, 15) is 13.2 Å². The average Bonchev–Trinajstić information content (AvgIpc) is 2.57. The number of benzene rings is 2. The number of sulfonamides is 1. The van der Waals surface area contributed by atoms with Crippen LogP contribution in [0.15, 0.2) is 36.4 Å². The summed E-state index contributed by atoms with van der Waals surface area (Å²) in [7, 11) is -2.40. The highest BCUT2D eigenvalue weighted by Gasteiger charge is 2.31. The van der Waals surface area contributed by atoms with Gasteiger partial charge >= 0.3 is 0 Å². The first kappa shape index (κ1) is 21.3. The topological polar surface area (TPSA) is 75.7 Å². The molecule has 6 nitrogen and oxygen atoms in total. The number of ether oxygens (including phenoxy) is 1. The van der Waals surface area contributed by atoms with Crippen molar-refractivity contribution in [2.75, 3.05) is 23.0 Å². The van der Waals surface area contributed by atoms with Gasteiger partial charge in [-0.3, -0.25) is 9.10 Å². The molecule has 27 heavy (non-hydrogen) atoms. The molecule has 0 aliphatic heterocycles. The lowest BCUT2D eigenvalue weighted by molar-refractivity contribution is -0.116. The maximum atomic E-state index is 12.8. The summed E-state index contributed by atoms with van der Waals surface area (Å²) in [5.74, 6) is -0.240. The van der Waals surface area contributed by atoms with Gasteiger partial charge in [-0.1, -0.05) is 29.3 Å². The van der Waals surface area contributed by atoms with Gasteiger partial charge in [0.2, 0.25) is 15.9 Å². The quantitative estimate of drug-likeness (QED) is 0.747. The van der Waals surface area contributed by atoms with Crippen LogP contribution in [-0.2, 0) is 14.8 Å². The first-order chi connectivity index (χ1) is 12.5. The summed E-state index contributed by atoms with van der Waals surface area (Å²) < 4.78 is 31.1. The lowest BCUT2D eigenvalue weighted by Gasteiger charge is -2.29. The highest BCUT2D eigenvalue weighted by Crippen LogP contribution is 2.34. The Kier molecular flexibility index (Phi) is 6.62. The highest BCUT2D eigenvalue weighted by molar-refractivity contribution is 7.92. The van der Waals surface area contributed by atoms with Crippen LogP contribution in [-0.4, -0.2) is 33.7 Å². The molecule has 2 aromatic carbocycles. The fourth-order valence-electron chi connectivity index (χ4n) is 2.58. The molecule has 0 aromatic heterocycles. The number of hydrogen-bond donors (Lipinski definition) is 1. The number of amides is 1. The van der Waals surface area contributed by atoms with Gasteiger partial charge in [0.1, 0.15) is 11.8 Å². The van der Waals surface area contributed by atoms with Crippen molar-refractivity contribution in [3.63, 3.8) is 0 Å². The van der Waals surface area contributed by atoms with Crippen LogP contribution >= 0.6 is 23.2 Å². The largest absolute Gasteiger partial charge is 0.495 e. The van der Waals surface area contributed by atoms with E-state index in [1.54, 1.807) is 30.3 Å². The zero-order chi connectivity index (χ0) is 20.4. The maximum Gasteiger partial charge on any atom is 0.248 e. The Morgan fingerprint density at radius 3 is 2.33 bits per heavy atom. The van der Waals surface area contributed by atoms with Crippen molar-refractivity contribution >= 4 is 50.5 Å². The number of rotatable bonds is 6. The van der Waals surface area contributed by atoms with Gasteiger partial charge in [0, 0.05) is 15.7 Å². The van der Waals surface area contributed by atoms with Crippen molar-refractivity contribution < 1.29 is 17.9 Å². The fourth-order valence-corrected chi connectivity index (χ4v) is 4.09. The second-order valence-electron chi connectivity index (χ2n) is 6.00. The third-order valence-corrected chi connectivity index (χ3v) is 5.62. The zero-order valence-corrected chi connectivity index (χ0v) is 17.6. The number of nitrogens with one attached hydrogen (secondary N) is 1. The molecule has 0 aliphatic rings. The fraction of sp³-hybridized carbons (Fsp3) is 0.278. The SMILES string of the molecule is COc1ccc(Cl)cc1N([C@H](C)C(=O)Nc1cc(Cl)ccc1C)S(C)(=O)=O. The van der Waals surface area contributed by atoms with E-state index < -0.39 is 22.0 Å². The van der Waals surface area contributed by atoms with E-state index in [-0.39, 0.29) is 11.4 Å². The Hall–Kier alpha value is -1.96. The Morgan fingerprint density at radius 1 is 1.15 bits per heavy atom. The van der Waals surface area contributed by atoms with E-state index in [1.165, 1.54) is 20.1 Å². The molecular formula is C18H20Cl2N2O4S. The van der Waals surface area contributed by atoms with Crippen LogP contribution in [0.4, 0.5) is 11.4 Å². The summed E-state index contributed by atoms with van der Waals surface area (Å²) in [4.78, 5) is 12.8. The minimum absolute atomic E-state index is 0.179. The van der Waals surface area contributed by atoms with Gasteiger partial charge in [-0.2, -0.15) is 0 Å². The van der Waals surface area contributed by atoms with Gasteiger partial charge in [0.05, 0.1) is 19.1 Å². The molecule has 1 N–H and O–H groups in total. The van der Waals surface area contributed by atoms with Gasteiger partial charge < -0.3 is 10.1 Å². The first-order valence-corrected chi connectivity index (χ1v) is 10.5. The number of hydrogen-bond acceptors (Lipinski definition) is 4. The number of carbonyl (C=O) groups is 1. The van der Waals surface area contributed by atoms with Crippen LogP contribution in [0.5, 0.6) is 5.75 Å². The number of methoxy groups -OCH3 is 1. The van der Waals surface area contributed by atoms with E-state index in [0.29, 0.717) is 15.7 Å². The van der Waals surface area contributed by atoms with Gasteiger partial charge in [-0.15, -0.1) is 0 Å². The molecular weight excluding hydrogens is 411 g/mol. The summed E-state index contributed by atoms with van der Waals surface area (Å²) >= 11 is 12.0. The van der Waals surface area contributed by atoms with Crippen molar-refractivity contribution in [3.8, 4) is 5.75 Å². The van der Waals surface area contributed by atoms with E-state index in [2.05, 4.69) is 5.32 Å². The lowest BCUT2D eigenvalue weighted by atomic mass is 10.2. The first-order valence-electron chi connectivity index (χ1n) is 7.94. The summed E-state index contributed by atoms with van der Waals surface area (Å²) in [6.45, 7) is 3.29. The standard InChI is InChI=1S/C18H20Cl2N2O4S/c1-11-5-6-13(19)9-15(11)21-18(23)12(2)22(27(4,24)25)16-10-14(20)7-8-17(16)26-3/h5-10,12H,1-4H3,(H,21,23)/t12-/m1/s1. The second-order valence-corrected chi connectivity index (χ2v) is 8.73. The molecule has 9 heteroatoms. The molecule has 1 amide bonds. The molecule has 0 aliphatic carbocycles. The van der Waals surface area contributed by atoms with Crippen molar-refractivity contribution in [1.82, 2.24) is 0 Å². The normalized spacial score (nSPS) is 12.4. The molecule has 2 aromatic rings. The molecule has 0 spiro atoms. The monoisotopic (exact) mass is 430 g/mol. The average molecular weight is 431 g/mol. The van der Waals surface area contributed by atoms with Crippen LogP contribution in [0.3, 0.4) is 0 Å². The summed E-state index contributed by atoms with van der Waals surface area (Å²) in [6.07, 6.45) is 1.02. The van der Waals surface area contributed by atoms with E-state index in [1.807, 2.05) is 6.92 Å².